The molecule has 0 spiro atoms. The van der Waals surface area contributed by atoms with Crippen LogP contribution in [0.2, 0.25) is 0 Å². The van der Waals surface area contributed by atoms with Crippen molar-refractivity contribution in [2.45, 2.75) is 52.9 Å². The summed E-state index contributed by atoms with van der Waals surface area (Å²) in [5.74, 6) is 0.189. The van der Waals surface area contributed by atoms with Gasteiger partial charge in [-0.1, -0.05) is 20.3 Å². The molecular weight excluding hydrogens is 214 g/mol. The maximum atomic E-state index is 11.3. The van der Waals surface area contributed by atoms with Crippen LogP contribution in [-0.4, -0.2) is 35.6 Å². The number of hydrogen-bond donors (Lipinski definition) is 1. The van der Waals surface area contributed by atoms with Crippen molar-refractivity contribution in [1.29, 1.82) is 0 Å². The number of likely N-dealkylation sites (tertiary alicyclic amines) is 1. The highest BCUT2D eigenvalue weighted by atomic mass is 16.4. The minimum atomic E-state index is -0.656. The normalized spacial score (nSPS) is 26.2. The molecule has 17 heavy (non-hydrogen) atoms. The van der Waals surface area contributed by atoms with E-state index in [-0.39, 0.29) is 0 Å². The van der Waals surface area contributed by atoms with Gasteiger partial charge in [0, 0.05) is 6.54 Å². The molecule has 0 aromatic carbocycles. The van der Waals surface area contributed by atoms with Gasteiger partial charge in [0.15, 0.2) is 0 Å². The summed E-state index contributed by atoms with van der Waals surface area (Å²) in [6.45, 7) is 8.95. The van der Waals surface area contributed by atoms with Crippen molar-refractivity contribution in [1.82, 2.24) is 4.90 Å². The molecule has 0 radical (unpaired) electrons. The summed E-state index contributed by atoms with van der Waals surface area (Å²) in [7, 11) is 0. The Morgan fingerprint density at radius 2 is 2.06 bits per heavy atom. The Morgan fingerprint density at radius 3 is 2.59 bits per heavy atom. The van der Waals surface area contributed by atoms with E-state index in [1.165, 1.54) is 25.7 Å². The van der Waals surface area contributed by atoms with Gasteiger partial charge in [0.05, 0.1) is 5.41 Å². The number of rotatable bonds is 5. The molecular formula is C14H27NO2. The van der Waals surface area contributed by atoms with Crippen LogP contribution in [0.3, 0.4) is 0 Å². The molecule has 100 valence electrons. The van der Waals surface area contributed by atoms with E-state index in [1.54, 1.807) is 0 Å². The Bertz CT molecular complexity index is 255. The van der Waals surface area contributed by atoms with Crippen LogP contribution < -0.4 is 0 Å². The topological polar surface area (TPSA) is 40.5 Å². The molecule has 1 saturated heterocycles. The van der Waals surface area contributed by atoms with E-state index in [0.29, 0.717) is 13.0 Å². The zero-order valence-corrected chi connectivity index (χ0v) is 11.5. The highest BCUT2D eigenvalue weighted by Gasteiger charge is 2.33. The molecule has 0 aliphatic carbocycles. The first-order chi connectivity index (χ1) is 8.01. The minimum absolute atomic E-state index is 0.577. The number of carbonyl (C=O) groups is 1. The number of aliphatic carboxylic acids is 1. The first-order valence-corrected chi connectivity index (χ1v) is 6.97. The van der Waals surface area contributed by atoms with E-state index in [2.05, 4.69) is 11.8 Å². The molecule has 0 aromatic rings. The van der Waals surface area contributed by atoms with Crippen LogP contribution in [0.1, 0.15) is 52.9 Å². The Labute approximate surface area is 105 Å². The molecule has 1 aliphatic heterocycles. The van der Waals surface area contributed by atoms with Gasteiger partial charge in [-0.15, -0.1) is 0 Å². The number of carboxylic acid groups (broad SMARTS) is 1. The molecule has 0 saturated carbocycles. The average Bonchev–Trinajstić information content (AvgIpc) is 2.53. The van der Waals surface area contributed by atoms with Crippen molar-refractivity contribution in [3.63, 3.8) is 0 Å². The molecule has 3 nitrogen and oxygen atoms in total. The van der Waals surface area contributed by atoms with Crippen LogP contribution in [0, 0.1) is 11.3 Å². The molecule has 0 aromatic heterocycles. The monoisotopic (exact) mass is 241 g/mol. The minimum Gasteiger partial charge on any atom is -0.481 e. The zero-order chi connectivity index (χ0) is 12.9. The maximum Gasteiger partial charge on any atom is 0.310 e. The molecule has 2 atom stereocenters. The van der Waals surface area contributed by atoms with Crippen molar-refractivity contribution in [2.75, 3.05) is 19.6 Å². The first kappa shape index (κ1) is 14.5. The summed E-state index contributed by atoms with van der Waals surface area (Å²) in [6.07, 6.45) is 5.73. The fraction of sp³-hybridized carbons (Fsp3) is 0.929. The van der Waals surface area contributed by atoms with Gasteiger partial charge < -0.3 is 10.0 Å². The third kappa shape index (κ3) is 3.98. The zero-order valence-electron chi connectivity index (χ0n) is 11.5. The number of nitrogens with zero attached hydrogens (tertiary/aromatic N) is 1. The summed E-state index contributed by atoms with van der Waals surface area (Å²) in [6, 6.07) is 0. The summed E-state index contributed by atoms with van der Waals surface area (Å²) < 4.78 is 0. The van der Waals surface area contributed by atoms with E-state index in [4.69, 9.17) is 0 Å². The molecule has 1 aliphatic rings. The SMILES string of the molecule is CCC1CCCN(CC(C)(CC)C(=O)O)CC1. The third-order valence-corrected chi connectivity index (χ3v) is 4.39. The lowest BCUT2D eigenvalue weighted by Gasteiger charge is -2.30. The van der Waals surface area contributed by atoms with Crippen LogP contribution in [0.25, 0.3) is 0 Å². The van der Waals surface area contributed by atoms with Crippen molar-refractivity contribution in [3.05, 3.63) is 0 Å². The van der Waals surface area contributed by atoms with Gasteiger partial charge in [-0.2, -0.15) is 0 Å². The van der Waals surface area contributed by atoms with Gasteiger partial charge in [-0.05, 0) is 51.6 Å². The van der Waals surface area contributed by atoms with Gasteiger partial charge >= 0.3 is 5.97 Å². The lowest BCUT2D eigenvalue weighted by molar-refractivity contribution is -0.149. The molecule has 1 heterocycles. The maximum absolute atomic E-state index is 11.3. The standard InChI is InChI=1S/C14H27NO2/c1-4-12-7-6-9-15(10-8-12)11-14(3,5-2)13(16)17/h12H,4-11H2,1-3H3,(H,16,17). The van der Waals surface area contributed by atoms with Gasteiger partial charge in [-0.25, -0.2) is 0 Å². The van der Waals surface area contributed by atoms with Crippen molar-refractivity contribution >= 4 is 5.97 Å². The van der Waals surface area contributed by atoms with E-state index >= 15 is 0 Å². The average molecular weight is 241 g/mol. The van der Waals surface area contributed by atoms with E-state index in [1.807, 2.05) is 13.8 Å². The Morgan fingerprint density at radius 1 is 1.35 bits per heavy atom. The quantitative estimate of drug-likeness (QED) is 0.804. The van der Waals surface area contributed by atoms with Crippen LogP contribution in [0.4, 0.5) is 0 Å². The second-order valence-electron chi connectivity index (χ2n) is 5.70. The second kappa shape index (κ2) is 6.39. The van der Waals surface area contributed by atoms with Crippen LogP contribution in [0.5, 0.6) is 0 Å². The Hall–Kier alpha value is -0.570. The largest absolute Gasteiger partial charge is 0.481 e. The lowest BCUT2D eigenvalue weighted by atomic mass is 9.87. The smallest absolute Gasteiger partial charge is 0.310 e. The Balaban J connectivity index is 2.53. The van der Waals surface area contributed by atoms with Crippen LogP contribution >= 0.6 is 0 Å². The highest BCUT2D eigenvalue weighted by molar-refractivity contribution is 5.74. The van der Waals surface area contributed by atoms with Gasteiger partial charge in [0.25, 0.3) is 0 Å². The summed E-state index contributed by atoms with van der Waals surface area (Å²) in [5, 5.41) is 9.30. The number of carboxylic acids is 1. The highest BCUT2D eigenvalue weighted by Crippen LogP contribution is 2.26. The van der Waals surface area contributed by atoms with E-state index in [9.17, 15) is 9.90 Å². The fourth-order valence-corrected chi connectivity index (χ4v) is 2.62. The molecule has 0 amide bonds. The van der Waals surface area contributed by atoms with Gasteiger partial charge in [0.1, 0.15) is 0 Å². The van der Waals surface area contributed by atoms with Crippen molar-refractivity contribution in [3.8, 4) is 0 Å². The second-order valence-corrected chi connectivity index (χ2v) is 5.70. The molecule has 3 heteroatoms. The predicted octanol–water partition coefficient (Wildman–Crippen LogP) is 3.00. The molecule has 0 bridgehead atoms. The molecule has 1 rings (SSSR count). The van der Waals surface area contributed by atoms with Gasteiger partial charge in [0.2, 0.25) is 0 Å². The van der Waals surface area contributed by atoms with E-state index in [0.717, 1.165) is 19.0 Å². The van der Waals surface area contributed by atoms with Gasteiger partial charge in [-0.3, -0.25) is 4.79 Å². The fourth-order valence-electron chi connectivity index (χ4n) is 2.62. The third-order valence-electron chi connectivity index (χ3n) is 4.39. The number of hydrogen-bond acceptors (Lipinski definition) is 2. The first-order valence-electron chi connectivity index (χ1n) is 6.97. The predicted molar refractivity (Wildman–Crippen MR) is 70.1 cm³/mol. The summed E-state index contributed by atoms with van der Waals surface area (Å²) >= 11 is 0. The van der Waals surface area contributed by atoms with Crippen LogP contribution in [-0.2, 0) is 4.79 Å². The summed E-state index contributed by atoms with van der Waals surface area (Å²) in [4.78, 5) is 13.7. The van der Waals surface area contributed by atoms with E-state index < -0.39 is 11.4 Å². The van der Waals surface area contributed by atoms with Crippen LogP contribution in [0.15, 0.2) is 0 Å². The van der Waals surface area contributed by atoms with Crippen molar-refractivity contribution < 1.29 is 9.90 Å². The molecule has 1 N–H and O–H groups in total. The lowest BCUT2D eigenvalue weighted by Crippen LogP contribution is -2.41. The summed E-state index contributed by atoms with van der Waals surface area (Å²) in [5.41, 5.74) is -0.577. The van der Waals surface area contributed by atoms with Crippen molar-refractivity contribution in [2.24, 2.45) is 11.3 Å². The molecule has 1 fully saturated rings. The molecule has 2 unspecified atom stereocenters. The Kier molecular flexibility index (Phi) is 5.44.